The van der Waals surface area contributed by atoms with Gasteiger partial charge in [-0.2, -0.15) is 0 Å². The molecule has 13 heavy (non-hydrogen) atoms. The zero-order valence-electron chi connectivity index (χ0n) is 6.47. The highest BCUT2D eigenvalue weighted by Crippen LogP contribution is 2.07. The molecule has 1 amide bonds. The highest BCUT2D eigenvalue weighted by molar-refractivity contribution is 5.68. The number of hydrogen-bond acceptors (Lipinski definition) is 4. The lowest BCUT2D eigenvalue weighted by molar-refractivity contribution is -0.529. The quantitative estimate of drug-likeness (QED) is 0.545. The fourth-order valence-corrected chi connectivity index (χ4v) is 0.693. The van der Waals surface area contributed by atoms with Crippen LogP contribution in [0.5, 0.6) is 5.75 Å². The Hall–Kier alpha value is -2.11. The average molecular weight is 182 g/mol. The third kappa shape index (κ3) is 3.19. The van der Waals surface area contributed by atoms with Crippen molar-refractivity contribution in [1.29, 1.82) is 0 Å². The molecule has 0 aliphatic heterocycles. The summed E-state index contributed by atoms with van der Waals surface area (Å²) in [5.41, 5.74) is 1.35. The number of benzene rings is 1. The number of nitro groups is 1. The summed E-state index contributed by atoms with van der Waals surface area (Å²) in [5.74, 6) is 0.252. The fourth-order valence-electron chi connectivity index (χ4n) is 0.693. The monoisotopic (exact) mass is 182 g/mol. The lowest BCUT2D eigenvalue weighted by Crippen LogP contribution is -2.31. The molecular formula is C7H6N2O4. The predicted octanol–water partition coefficient (Wildman–Crippen LogP) is 0.967. The Kier molecular flexibility index (Phi) is 2.80. The van der Waals surface area contributed by atoms with Crippen LogP contribution in [-0.2, 0) is 0 Å². The van der Waals surface area contributed by atoms with Crippen LogP contribution in [0.3, 0.4) is 0 Å². The van der Waals surface area contributed by atoms with Crippen LogP contribution >= 0.6 is 0 Å². The molecule has 0 heterocycles. The molecule has 0 fully saturated rings. The third-order valence-corrected chi connectivity index (χ3v) is 1.14. The molecule has 0 bridgehead atoms. The van der Waals surface area contributed by atoms with Crippen molar-refractivity contribution in [3.63, 3.8) is 0 Å². The van der Waals surface area contributed by atoms with Gasteiger partial charge in [-0.15, -0.1) is 0 Å². The van der Waals surface area contributed by atoms with Gasteiger partial charge in [0.05, 0.1) is 0 Å². The van der Waals surface area contributed by atoms with Gasteiger partial charge in [0.2, 0.25) is 0 Å². The highest BCUT2D eigenvalue weighted by Gasteiger charge is 2.08. The minimum Gasteiger partial charge on any atom is -0.407 e. The summed E-state index contributed by atoms with van der Waals surface area (Å²) in [5, 5.41) is 8.81. The Morgan fingerprint density at radius 3 is 2.54 bits per heavy atom. The molecule has 0 radical (unpaired) electrons. The lowest BCUT2D eigenvalue weighted by atomic mass is 10.3. The standard InChI is InChI=1S/C7H6N2O4/c10-7(8-9(11)12)13-6-4-2-1-3-5-6/h1-5H,(H,8,10). The van der Waals surface area contributed by atoms with E-state index in [4.69, 9.17) is 0 Å². The summed E-state index contributed by atoms with van der Waals surface area (Å²) in [6, 6.07) is 8.06. The van der Waals surface area contributed by atoms with E-state index in [-0.39, 0.29) is 5.75 Å². The summed E-state index contributed by atoms with van der Waals surface area (Å²) < 4.78 is 4.53. The summed E-state index contributed by atoms with van der Waals surface area (Å²) in [6.07, 6.45) is -1.11. The van der Waals surface area contributed by atoms with E-state index in [0.29, 0.717) is 0 Å². The third-order valence-electron chi connectivity index (χ3n) is 1.14. The number of carbonyl (C=O) groups is 1. The van der Waals surface area contributed by atoms with Crippen LogP contribution in [0.25, 0.3) is 0 Å². The molecule has 1 N–H and O–H groups in total. The molecule has 0 aliphatic carbocycles. The van der Waals surface area contributed by atoms with Gasteiger partial charge in [-0.05, 0) is 17.6 Å². The van der Waals surface area contributed by atoms with Crippen LogP contribution in [0.1, 0.15) is 0 Å². The number of para-hydroxylation sites is 1. The molecule has 6 nitrogen and oxygen atoms in total. The number of amides is 1. The maximum Gasteiger partial charge on any atom is 0.471 e. The molecule has 1 rings (SSSR count). The molecule has 68 valence electrons. The first kappa shape index (κ1) is 8.98. The zero-order chi connectivity index (χ0) is 9.68. The summed E-state index contributed by atoms with van der Waals surface area (Å²) in [7, 11) is 0. The number of rotatable bonds is 2. The minimum atomic E-state index is -1.11. The molecule has 0 atom stereocenters. The van der Waals surface area contributed by atoms with Crippen LogP contribution < -0.4 is 10.2 Å². The zero-order valence-corrected chi connectivity index (χ0v) is 6.47. The second kappa shape index (κ2) is 4.05. The van der Waals surface area contributed by atoms with Crippen molar-refractivity contribution in [2.24, 2.45) is 0 Å². The summed E-state index contributed by atoms with van der Waals surface area (Å²) >= 11 is 0. The van der Waals surface area contributed by atoms with E-state index >= 15 is 0 Å². The van der Waals surface area contributed by atoms with Gasteiger partial charge in [0, 0.05) is 0 Å². The average Bonchev–Trinajstić information content (AvgIpc) is 2.04. The van der Waals surface area contributed by atoms with Gasteiger partial charge in [-0.1, -0.05) is 18.2 Å². The molecular weight excluding hydrogens is 176 g/mol. The number of hydrazine groups is 1. The normalized spacial score (nSPS) is 8.92. The van der Waals surface area contributed by atoms with E-state index in [0.717, 1.165) is 0 Å². The maximum atomic E-state index is 10.6. The van der Waals surface area contributed by atoms with Crippen LogP contribution in [-0.4, -0.2) is 11.1 Å². The van der Waals surface area contributed by atoms with Gasteiger partial charge in [0.1, 0.15) is 5.75 Å². The van der Waals surface area contributed by atoms with Crippen molar-refractivity contribution in [2.75, 3.05) is 0 Å². The topological polar surface area (TPSA) is 81.5 Å². The van der Waals surface area contributed by atoms with E-state index in [1.54, 1.807) is 18.2 Å². The SMILES string of the molecule is O=C(N[N+](=O)[O-])Oc1ccccc1. The Morgan fingerprint density at radius 1 is 1.38 bits per heavy atom. The van der Waals surface area contributed by atoms with Crippen molar-refractivity contribution >= 4 is 6.09 Å². The van der Waals surface area contributed by atoms with Gasteiger partial charge in [0.25, 0.3) is 0 Å². The second-order valence-electron chi connectivity index (χ2n) is 2.07. The predicted molar refractivity (Wildman–Crippen MR) is 42.6 cm³/mol. The number of carbonyl (C=O) groups excluding carboxylic acids is 1. The van der Waals surface area contributed by atoms with Gasteiger partial charge >= 0.3 is 6.09 Å². The van der Waals surface area contributed by atoms with E-state index in [2.05, 4.69) is 4.74 Å². The largest absolute Gasteiger partial charge is 0.471 e. The Balaban J connectivity index is 2.50. The van der Waals surface area contributed by atoms with Gasteiger partial charge in [-0.3, -0.25) is 0 Å². The Morgan fingerprint density at radius 2 is 2.00 bits per heavy atom. The van der Waals surface area contributed by atoms with Crippen LogP contribution in [0.15, 0.2) is 30.3 Å². The Bertz CT molecular complexity index is 312. The molecule has 0 saturated heterocycles. The Labute approximate surface area is 73.2 Å². The maximum absolute atomic E-state index is 10.6. The smallest absolute Gasteiger partial charge is 0.407 e. The first-order valence-corrected chi connectivity index (χ1v) is 3.36. The van der Waals surface area contributed by atoms with E-state index in [1.165, 1.54) is 17.6 Å². The van der Waals surface area contributed by atoms with E-state index in [9.17, 15) is 14.9 Å². The minimum absolute atomic E-state index is 0.252. The molecule has 6 heteroatoms. The van der Waals surface area contributed by atoms with Crippen molar-refractivity contribution in [3.8, 4) is 5.75 Å². The first-order chi connectivity index (χ1) is 6.18. The van der Waals surface area contributed by atoms with Gasteiger partial charge in [-0.25, -0.2) is 14.9 Å². The number of ether oxygens (including phenoxy) is 1. The van der Waals surface area contributed by atoms with Crippen molar-refractivity contribution in [3.05, 3.63) is 40.4 Å². The summed E-state index contributed by atoms with van der Waals surface area (Å²) in [4.78, 5) is 20.4. The summed E-state index contributed by atoms with van der Waals surface area (Å²) in [6.45, 7) is 0. The second-order valence-corrected chi connectivity index (χ2v) is 2.07. The lowest BCUT2D eigenvalue weighted by Gasteiger charge is -1.99. The fraction of sp³-hybridized carbons (Fsp3) is 0. The van der Waals surface area contributed by atoms with Crippen LogP contribution in [0.4, 0.5) is 4.79 Å². The van der Waals surface area contributed by atoms with Crippen molar-refractivity contribution in [1.82, 2.24) is 5.43 Å². The molecule has 0 saturated carbocycles. The molecule has 0 spiro atoms. The van der Waals surface area contributed by atoms with Gasteiger partial charge in [0.15, 0.2) is 5.03 Å². The first-order valence-electron chi connectivity index (χ1n) is 3.36. The highest BCUT2D eigenvalue weighted by atomic mass is 16.7. The molecule has 1 aromatic rings. The van der Waals surface area contributed by atoms with Crippen molar-refractivity contribution in [2.45, 2.75) is 0 Å². The van der Waals surface area contributed by atoms with Crippen LogP contribution in [0.2, 0.25) is 0 Å². The van der Waals surface area contributed by atoms with Gasteiger partial charge < -0.3 is 4.74 Å². The number of nitrogens with one attached hydrogen (secondary N) is 1. The molecule has 0 aliphatic rings. The molecule has 0 unspecified atom stereocenters. The van der Waals surface area contributed by atoms with Crippen LogP contribution in [0, 0.1) is 10.1 Å². The number of hydrogen-bond donors (Lipinski definition) is 1. The number of nitrogens with zero attached hydrogens (tertiary/aromatic N) is 1. The van der Waals surface area contributed by atoms with E-state index in [1.807, 2.05) is 0 Å². The molecule has 1 aromatic carbocycles. The van der Waals surface area contributed by atoms with Crippen molar-refractivity contribution < 1.29 is 14.6 Å². The van der Waals surface area contributed by atoms with E-state index < -0.39 is 11.1 Å². The molecule has 0 aromatic heterocycles.